The summed E-state index contributed by atoms with van der Waals surface area (Å²) in [6.07, 6.45) is -0.0984. The van der Waals surface area contributed by atoms with Crippen LogP contribution in [0.25, 0.3) is 0 Å². The average Bonchev–Trinajstić information content (AvgIpc) is 3.45. The van der Waals surface area contributed by atoms with Gasteiger partial charge in [-0.1, -0.05) is 42.5 Å². The van der Waals surface area contributed by atoms with Crippen molar-refractivity contribution in [1.82, 2.24) is 10.2 Å². The summed E-state index contributed by atoms with van der Waals surface area (Å²) in [4.78, 5) is 26.8. The van der Waals surface area contributed by atoms with Crippen LogP contribution in [-0.4, -0.2) is 50.9 Å². The molecule has 168 valence electrons. The lowest BCUT2D eigenvalue weighted by atomic mass is 9.97. The number of benzene rings is 2. The molecule has 2 aliphatic heterocycles. The standard InChI is InChI=1S/C24H25FN2O4S/c25-17-7-3-6-15(13-17)20-19-9-2-1-5-16(19)14-27(20)24(31)22(29)21(28)23(30)26-11-10-18-8-4-12-32-18/h1-7,9,12-13,18,20-22,28-29H,8,10-11,14H2,(H,26,30)/t18?,20-,21-,22-/m1/s1. The maximum atomic E-state index is 13.9. The number of halogens is 1. The maximum absolute atomic E-state index is 13.9. The second-order valence-corrected chi connectivity index (χ2v) is 9.17. The van der Waals surface area contributed by atoms with Crippen molar-refractivity contribution in [3.63, 3.8) is 0 Å². The fourth-order valence-corrected chi connectivity index (χ4v) is 5.07. The van der Waals surface area contributed by atoms with Gasteiger partial charge in [0.1, 0.15) is 5.82 Å². The molecular formula is C24H25FN2O4S. The minimum absolute atomic E-state index is 0.188. The number of aliphatic hydroxyl groups is 2. The van der Waals surface area contributed by atoms with Crippen LogP contribution in [0, 0.1) is 5.82 Å². The van der Waals surface area contributed by atoms with Gasteiger partial charge in [0, 0.05) is 18.3 Å². The fraction of sp³-hybridized carbons (Fsp3) is 0.333. The van der Waals surface area contributed by atoms with Crippen LogP contribution in [0.1, 0.15) is 35.6 Å². The number of carbonyl (C=O) groups is 2. The van der Waals surface area contributed by atoms with Crippen molar-refractivity contribution in [2.24, 2.45) is 0 Å². The van der Waals surface area contributed by atoms with E-state index in [2.05, 4.69) is 11.4 Å². The molecule has 0 saturated heterocycles. The first kappa shape index (κ1) is 22.5. The summed E-state index contributed by atoms with van der Waals surface area (Å²) in [6.45, 7) is 0.532. The van der Waals surface area contributed by atoms with Crippen molar-refractivity contribution in [1.29, 1.82) is 0 Å². The van der Waals surface area contributed by atoms with E-state index in [0.717, 1.165) is 24.0 Å². The van der Waals surface area contributed by atoms with Crippen LogP contribution >= 0.6 is 11.8 Å². The highest BCUT2D eigenvalue weighted by atomic mass is 32.2. The van der Waals surface area contributed by atoms with E-state index in [1.165, 1.54) is 17.0 Å². The van der Waals surface area contributed by atoms with E-state index >= 15 is 0 Å². The number of carbonyl (C=O) groups excluding carboxylic acids is 2. The van der Waals surface area contributed by atoms with Gasteiger partial charge >= 0.3 is 0 Å². The molecule has 0 radical (unpaired) electrons. The number of allylic oxidation sites excluding steroid dienone is 1. The number of aliphatic hydroxyl groups excluding tert-OH is 2. The van der Waals surface area contributed by atoms with E-state index < -0.39 is 35.9 Å². The molecule has 0 aliphatic carbocycles. The number of hydrogen-bond acceptors (Lipinski definition) is 5. The highest BCUT2D eigenvalue weighted by Crippen LogP contribution is 2.39. The average molecular weight is 457 g/mol. The topological polar surface area (TPSA) is 89.9 Å². The summed E-state index contributed by atoms with van der Waals surface area (Å²) in [5.41, 5.74) is 2.24. The van der Waals surface area contributed by atoms with E-state index in [-0.39, 0.29) is 6.54 Å². The Kier molecular flexibility index (Phi) is 6.93. The van der Waals surface area contributed by atoms with Gasteiger partial charge in [-0.15, -0.1) is 11.8 Å². The lowest BCUT2D eigenvalue weighted by molar-refractivity contribution is -0.154. The molecule has 32 heavy (non-hydrogen) atoms. The Balaban J connectivity index is 1.46. The molecular weight excluding hydrogens is 431 g/mol. The summed E-state index contributed by atoms with van der Waals surface area (Å²) in [5.74, 6) is -2.01. The Bertz CT molecular complexity index is 1020. The van der Waals surface area contributed by atoms with Crippen LogP contribution in [0.15, 0.2) is 60.0 Å². The minimum Gasteiger partial charge on any atom is -0.380 e. The highest BCUT2D eigenvalue weighted by molar-refractivity contribution is 8.03. The van der Waals surface area contributed by atoms with Gasteiger partial charge in [-0.2, -0.15) is 0 Å². The maximum Gasteiger partial charge on any atom is 0.255 e. The number of amides is 2. The van der Waals surface area contributed by atoms with Crippen LogP contribution in [0.3, 0.4) is 0 Å². The Morgan fingerprint density at radius 1 is 1.16 bits per heavy atom. The third-order valence-corrected chi connectivity index (χ3v) is 6.96. The van der Waals surface area contributed by atoms with E-state index in [1.807, 2.05) is 29.7 Å². The van der Waals surface area contributed by atoms with E-state index in [0.29, 0.717) is 17.4 Å². The molecule has 8 heteroatoms. The van der Waals surface area contributed by atoms with Crippen molar-refractivity contribution in [2.45, 2.75) is 42.9 Å². The number of fused-ring (bicyclic) bond motifs is 1. The van der Waals surface area contributed by atoms with Crippen molar-refractivity contribution in [2.75, 3.05) is 6.54 Å². The second-order valence-electron chi connectivity index (χ2n) is 7.96. The largest absolute Gasteiger partial charge is 0.380 e. The minimum atomic E-state index is -1.93. The molecule has 3 N–H and O–H groups in total. The van der Waals surface area contributed by atoms with Crippen LogP contribution in [0.4, 0.5) is 4.39 Å². The Morgan fingerprint density at radius 2 is 1.97 bits per heavy atom. The molecule has 4 atom stereocenters. The molecule has 2 heterocycles. The predicted molar refractivity (Wildman–Crippen MR) is 120 cm³/mol. The molecule has 0 spiro atoms. The van der Waals surface area contributed by atoms with Gasteiger partial charge in [0.2, 0.25) is 0 Å². The molecule has 1 unspecified atom stereocenters. The first-order chi connectivity index (χ1) is 15.5. The number of thioether (sulfide) groups is 1. The van der Waals surface area contributed by atoms with Gasteiger partial charge in [0.15, 0.2) is 12.2 Å². The smallest absolute Gasteiger partial charge is 0.255 e. The van der Waals surface area contributed by atoms with Gasteiger partial charge in [-0.3, -0.25) is 9.59 Å². The molecule has 0 saturated carbocycles. The van der Waals surface area contributed by atoms with Crippen LogP contribution in [0.5, 0.6) is 0 Å². The normalized spacial score (nSPS) is 21.3. The monoisotopic (exact) mass is 456 g/mol. The van der Waals surface area contributed by atoms with Crippen molar-refractivity contribution >= 4 is 23.6 Å². The first-order valence-electron chi connectivity index (χ1n) is 10.5. The zero-order chi connectivity index (χ0) is 22.7. The lowest BCUT2D eigenvalue weighted by Gasteiger charge is -2.29. The van der Waals surface area contributed by atoms with Crippen molar-refractivity contribution < 1.29 is 24.2 Å². The Hall–Kier alpha value is -2.68. The fourth-order valence-electron chi connectivity index (χ4n) is 4.15. The van der Waals surface area contributed by atoms with E-state index in [1.54, 1.807) is 23.9 Å². The van der Waals surface area contributed by atoms with E-state index in [9.17, 15) is 24.2 Å². The van der Waals surface area contributed by atoms with Crippen LogP contribution in [-0.2, 0) is 16.1 Å². The molecule has 0 bridgehead atoms. The second kappa shape index (κ2) is 9.85. The molecule has 2 aliphatic rings. The zero-order valence-corrected chi connectivity index (χ0v) is 18.2. The molecule has 2 aromatic rings. The number of nitrogens with one attached hydrogen (secondary N) is 1. The Labute approximate surface area is 190 Å². The van der Waals surface area contributed by atoms with Gasteiger partial charge in [0.25, 0.3) is 11.8 Å². The van der Waals surface area contributed by atoms with Gasteiger partial charge in [-0.05, 0) is 47.1 Å². The quantitative estimate of drug-likeness (QED) is 0.596. The molecule has 0 fully saturated rings. The van der Waals surface area contributed by atoms with Crippen molar-refractivity contribution in [3.05, 3.63) is 82.5 Å². The number of hydrogen-bond donors (Lipinski definition) is 3. The first-order valence-corrected chi connectivity index (χ1v) is 11.5. The molecule has 0 aromatic heterocycles. The summed E-state index contributed by atoms with van der Waals surface area (Å²) in [7, 11) is 0. The molecule has 6 nitrogen and oxygen atoms in total. The predicted octanol–water partition coefficient (Wildman–Crippen LogP) is 2.50. The van der Waals surface area contributed by atoms with Crippen LogP contribution < -0.4 is 5.32 Å². The van der Waals surface area contributed by atoms with Crippen molar-refractivity contribution in [3.8, 4) is 0 Å². The number of nitrogens with zero attached hydrogens (tertiary/aromatic N) is 1. The van der Waals surface area contributed by atoms with Gasteiger partial charge in [-0.25, -0.2) is 4.39 Å². The SMILES string of the molecule is O=C(NCCC1CC=CS1)[C@H](O)[C@@H](O)C(=O)N1Cc2ccccc2[C@H]1c1cccc(F)c1. The van der Waals surface area contributed by atoms with Gasteiger partial charge < -0.3 is 20.4 Å². The molecule has 2 amide bonds. The third-order valence-electron chi connectivity index (χ3n) is 5.80. The van der Waals surface area contributed by atoms with Gasteiger partial charge in [0.05, 0.1) is 6.04 Å². The lowest BCUT2D eigenvalue weighted by Crippen LogP contribution is -2.50. The Morgan fingerprint density at radius 3 is 2.72 bits per heavy atom. The van der Waals surface area contributed by atoms with E-state index in [4.69, 9.17) is 0 Å². The molecule has 4 rings (SSSR count). The zero-order valence-electron chi connectivity index (χ0n) is 17.4. The summed E-state index contributed by atoms with van der Waals surface area (Å²) in [5, 5.41) is 25.9. The molecule has 2 aromatic carbocycles. The van der Waals surface area contributed by atoms with Crippen LogP contribution in [0.2, 0.25) is 0 Å². The summed E-state index contributed by atoms with van der Waals surface area (Å²) < 4.78 is 13.9. The number of rotatable bonds is 7. The highest BCUT2D eigenvalue weighted by Gasteiger charge is 2.40. The third kappa shape index (κ3) is 4.72. The summed E-state index contributed by atoms with van der Waals surface area (Å²) >= 11 is 1.69. The summed E-state index contributed by atoms with van der Waals surface area (Å²) in [6, 6.07) is 12.7.